The Labute approximate surface area is 191 Å². The zero-order chi connectivity index (χ0) is 23.3. The number of benzene rings is 1. The smallest absolute Gasteiger partial charge is 0.264 e. The molecule has 0 bridgehead atoms. The van der Waals surface area contributed by atoms with E-state index in [0.29, 0.717) is 22.9 Å². The van der Waals surface area contributed by atoms with Crippen molar-refractivity contribution < 1.29 is 24.0 Å². The molecule has 10 nitrogen and oxygen atoms in total. The van der Waals surface area contributed by atoms with Crippen molar-refractivity contribution in [1.29, 1.82) is 0 Å². The van der Waals surface area contributed by atoms with Crippen LogP contribution in [0.3, 0.4) is 0 Å². The van der Waals surface area contributed by atoms with E-state index in [0.717, 1.165) is 43.9 Å². The molecular formula is C23H27N5O5. The van der Waals surface area contributed by atoms with Crippen LogP contribution in [0.15, 0.2) is 18.2 Å². The standard InChI is InChI=1S/C23H27N5O5/c1-24-20(30)13-7-9-26(10-8-13)14-11-27(12-14)16-4-2-3-15-19(16)23(33)28(22(15)32)17-5-6-18(29)25-21(17)31/h2-4,13-14,17H,5-12H2,1H3,(H,24,30)(H,25,29,31). The van der Waals surface area contributed by atoms with Gasteiger partial charge in [0.05, 0.1) is 16.8 Å². The number of imide groups is 2. The highest BCUT2D eigenvalue weighted by atomic mass is 16.2. The van der Waals surface area contributed by atoms with Gasteiger partial charge in [-0.2, -0.15) is 0 Å². The third-order valence-electron chi connectivity index (χ3n) is 7.31. The summed E-state index contributed by atoms with van der Waals surface area (Å²) < 4.78 is 0. The summed E-state index contributed by atoms with van der Waals surface area (Å²) >= 11 is 0. The lowest BCUT2D eigenvalue weighted by molar-refractivity contribution is -0.136. The van der Waals surface area contributed by atoms with Crippen molar-refractivity contribution in [3.63, 3.8) is 0 Å². The van der Waals surface area contributed by atoms with Crippen molar-refractivity contribution in [1.82, 2.24) is 20.4 Å². The third-order valence-corrected chi connectivity index (χ3v) is 7.31. The second kappa shape index (κ2) is 8.26. The van der Waals surface area contributed by atoms with Gasteiger partial charge in [0.25, 0.3) is 11.8 Å². The number of anilines is 1. The zero-order valence-corrected chi connectivity index (χ0v) is 18.5. The van der Waals surface area contributed by atoms with Crippen LogP contribution in [0.25, 0.3) is 0 Å². The number of likely N-dealkylation sites (tertiary alicyclic amines) is 1. The number of nitrogens with one attached hydrogen (secondary N) is 2. The first-order valence-corrected chi connectivity index (χ1v) is 11.4. The molecule has 0 spiro atoms. The average Bonchev–Trinajstić information content (AvgIpc) is 3.04. The number of fused-ring (bicyclic) bond motifs is 1. The fourth-order valence-corrected chi connectivity index (χ4v) is 5.37. The van der Waals surface area contributed by atoms with E-state index in [-0.39, 0.29) is 30.6 Å². The molecule has 3 saturated heterocycles. The molecular weight excluding hydrogens is 426 g/mol. The summed E-state index contributed by atoms with van der Waals surface area (Å²) in [6, 6.07) is 4.59. The molecule has 1 atom stereocenters. The summed E-state index contributed by atoms with van der Waals surface area (Å²) in [4.78, 5) is 67.4. The molecule has 1 unspecified atom stereocenters. The van der Waals surface area contributed by atoms with Crippen molar-refractivity contribution in [2.24, 2.45) is 5.92 Å². The van der Waals surface area contributed by atoms with Gasteiger partial charge in [0, 0.05) is 38.5 Å². The molecule has 4 heterocycles. The molecule has 5 amide bonds. The Kier molecular flexibility index (Phi) is 5.40. The maximum absolute atomic E-state index is 13.3. The number of nitrogens with zero attached hydrogens (tertiary/aromatic N) is 3. The Hall–Kier alpha value is -3.27. The van der Waals surface area contributed by atoms with E-state index in [1.807, 2.05) is 6.07 Å². The predicted molar refractivity (Wildman–Crippen MR) is 117 cm³/mol. The lowest BCUT2D eigenvalue weighted by Gasteiger charge is -2.48. The Balaban J connectivity index is 1.28. The monoisotopic (exact) mass is 453 g/mol. The van der Waals surface area contributed by atoms with Crippen molar-refractivity contribution in [3.05, 3.63) is 29.3 Å². The van der Waals surface area contributed by atoms with Crippen LogP contribution in [0.4, 0.5) is 5.69 Å². The van der Waals surface area contributed by atoms with Crippen LogP contribution in [0.1, 0.15) is 46.4 Å². The highest BCUT2D eigenvalue weighted by Gasteiger charge is 2.47. The number of amides is 5. The molecule has 4 aliphatic heterocycles. The van der Waals surface area contributed by atoms with E-state index in [4.69, 9.17) is 0 Å². The van der Waals surface area contributed by atoms with Gasteiger partial charge in [0.1, 0.15) is 6.04 Å². The average molecular weight is 453 g/mol. The van der Waals surface area contributed by atoms with E-state index in [9.17, 15) is 24.0 Å². The van der Waals surface area contributed by atoms with Gasteiger partial charge in [-0.15, -0.1) is 0 Å². The van der Waals surface area contributed by atoms with Crippen LogP contribution in [-0.4, -0.2) is 84.6 Å². The van der Waals surface area contributed by atoms with Gasteiger partial charge in [0.2, 0.25) is 17.7 Å². The number of carbonyl (C=O) groups is 5. The van der Waals surface area contributed by atoms with Crippen LogP contribution in [0, 0.1) is 5.92 Å². The van der Waals surface area contributed by atoms with E-state index in [1.54, 1.807) is 19.2 Å². The Morgan fingerprint density at radius 1 is 1.03 bits per heavy atom. The molecule has 5 rings (SSSR count). The topological polar surface area (TPSA) is 119 Å². The minimum absolute atomic E-state index is 0.0710. The van der Waals surface area contributed by atoms with Gasteiger partial charge in [-0.3, -0.25) is 39.1 Å². The number of rotatable bonds is 4. The SMILES string of the molecule is CNC(=O)C1CCN(C2CN(c3cccc4c3C(=O)N(C3CCC(=O)NC3=O)C4=O)C2)CC1. The summed E-state index contributed by atoms with van der Waals surface area (Å²) in [5, 5.41) is 4.95. The largest absolute Gasteiger partial charge is 0.368 e. The van der Waals surface area contributed by atoms with E-state index in [1.165, 1.54) is 0 Å². The molecule has 174 valence electrons. The fraction of sp³-hybridized carbons (Fsp3) is 0.522. The van der Waals surface area contributed by atoms with Crippen molar-refractivity contribution in [3.8, 4) is 0 Å². The van der Waals surface area contributed by atoms with Crippen LogP contribution in [-0.2, 0) is 14.4 Å². The Bertz CT molecular complexity index is 1040. The summed E-state index contributed by atoms with van der Waals surface area (Å²) in [5.41, 5.74) is 1.35. The molecule has 0 radical (unpaired) electrons. The molecule has 0 saturated carbocycles. The van der Waals surface area contributed by atoms with Crippen molar-refractivity contribution >= 4 is 35.2 Å². The highest BCUT2D eigenvalue weighted by molar-refractivity contribution is 6.25. The molecule has 4 aliphatic rings. The Morgan fingerprint density at radius 3 is 2.42 bits per heavy atom. The zero-order valence-electron chi connectivity index (χ0n) is 18.5. The maximum atomic E-state index is 13.3. The summed E-state index contributed by atoms with van der Waals surface area (Å²) in [6.07, 6.45) is 1.92. The second-order valence-corrected chi connectivity index (χ2v) is 9.13. The Morgan fingerprint density at radius 2 is 1.76 bits per heavy atom. The number of piperidine rings is 2. The molecule has 33 heavy (non-hydrogen) atoms. The van der Waals surface area contributed by atoms with Gasteiger partial charge in [-0.25, -0.2) is 0 Å². The summed E-state index contributed by atoms with van der Waals surface area (Å²) in [6.45, 7) is 3.20. The van der Waals surface area contributed by atoms with Crippen LogP contribution in [0.2, 0.25) is 0 Å². The number of carbonyl (C=O) groups excluding carboxylic acids is 5. The van der Waals surface area contributed by atoms with Gasteiger partial charge in [-0.1, -0.05) is 6.07 Å². The second-order valence-electron chi connectivity index (χ2n) is 9.13. The van der Waals surface area contributed by atoms with Gasteiger partial charge in [0.15, 0.2) is 0 Å². The molecule has 1 aromatic carbocycles. The first-order chi connectivity index (χ1) is 15.9. The fourth-order valence-electron chi connectivity index (χ4n) is 5.37. The molecule has 2 N–H and O–H groups in total. The van der Waals surface area contributed by atoms with E-state index >= 15 is 0 Å². The van der Waals surface area contributed by atoms with Gasteiger partial charge < -0.3 is 10.2 Å². The van der Waals surface area contributed by atoms with Crippen LogP contribution < -0.4 is 15.5 Å². The lowest BCUT2D eigenvalue weighted by Crippen LogP contribution is -2.61. The van der Waals surface area contributed by atoms with Gasteiger partial charge in [-0.05, 0) is 44.5 Å². The molecule has 3 fully saturated rings. The summed E-state index contributed by atoms with van der Waals surface area (Å²) in [7, 11) is 1.67. The normalized spacial score (nSPS) is 24.6. The van der Waals surface area contributed by atoms with Gasteiger partial charge >= 0.3 is 0 Å². The first kappa shape index (κ1) is 21.6. The van der Waals surface area contributed by atoms with Crippen molar-refractivity contribution in [2.75, 3.05) is 38.1 Å². The highest BCUT2D eigenvalue weighted by Crippen LogP contribution is 2.37. The summed E-state index contributed by atoms with van der Waals surface area (Å²) in [5.74, 6) is -1.78. The van der Waals surface area contributed by atoms with Crippen molar-refractivity contribution in [2.45, 2.75) is 37.8 Å². The minimum Gasteiger partial charge on any atom is -0.368 e. The first-order valence-electron chi connectivity index (χ1n) is 11.4. The molecule has 1 aromatic rings. The lowest BCUT2D eigenvalue weighted by atomic mass is 9.93. The maximum Gasteiger partial charge on any atom is 0.264 e. The quantitative estimate of drug-likeness (QED) is 0.603. The minimum atomic E-state index is -0.964. The predicted octanol–water partition coefficient (Wildman–Crippen LogP) is -0.266. The number of hydrogen-bond donors (Lipinski definition) is 2. The third kappa shape index (κ3) is 3.58. The molecule has 10 heteroatoms. The number of hydrogen-bond acceptors (Lipinski definition) is 7. The van der Waals surface area contributed by atoms with E-state index < -0.39 is 23.8 Å². The van der Waals surface area contributed by atoms with E-state index in [2.05, 4.69) is 20.4 Å². The molecule has 0 aromatic heterocycles. The van der Waals surface area contributed by atoms with Crippen LogP contribution in [0.5, 0.6) is 0 Å². The van der Waals surface area contributed by atoms with Crippen LogP contribution >= 0.6 is 0 Å². The molecule has 0 aliphatic carbocycles.